The van der Waals surface area contributed by atoms with E-state index >= 15 is 0 Å². The van der Waals surface area contributed by atoms with Crippen LogP contribution in [-0.4, -0.2) is 9.55 Å². The zero-order valence-electron chi connectivity index (χ0n) is 7.18. The fourth-order valence-corrected chi connectivity index (χ4v) is 1.69. The SMILES string of the molecule is N#Cc1cccn1-c1ccncc1Br. The molecule has 4 heteroatoms. The number of hydrogen-bond acceptors (Lipinski definition) is 2. The Morgan fingerprint density at radius 1 is 1.43 bits per heavy atom. The van der Waals surface area contributed by atoms with E-state index in [9.17, 15) is 0 Å². The van der Waals surface area contributed by atoms with Gasteiger partial charge in [-0.25, -0.2) is 0 Å². The second kappa shape index (κ2) is 3.64. The smallest absolute Gasteiger partial charge is 0.124 e. The second-order valence-electron chi connectivity index (χ2n) is 2.70. The van der Waals surface area contributed by atoms with Crippen molar-refractivity contribution in [2.24, 2.45) is 0 Å². The molecule has 14 heavy (non-hydrogen) atoms. The zero-order chi connectivity index (χ0) is 9.97. The molecule has 0 aliphatic carbocycles. The molecule has 0 aromatic carbocycles. The van der Waals surface area contributed by atoms with Crippen LogP contribution in [0.5, 0.6) is 0 Å². The molecule has 2 aromatic rings. The Balaban J connectivity index is 2.62. The standard InChI is InChI=1S/C10H6BrN3/c11-9-7-13-4-3-10(9)14-5-1-2-8(14)6-12/h1-5,7H. The molecule has 0 unspecified atom stereocenters. The molecule has 0 atom stereocenters. The maximum atomic E-state index is 8.86. The van der Waals surface area contributed by atoms with Gasteiger partial charge >= 0.3 is 0 Å². The minimum Gasteiger partial charge on any atom is -0.307 e. The molecule has 0 N–H and O–H groups in total. The van der Waals surface area contributed by atoms with Crippen molar-refractivity contribution in [2.75, 3.05) is 0 Å². The molecule has 0 aliphatic heterocycles. The topological polar surface area (TPSA) is 41.6 Å². The number of nitrogens with zero attached hydrogens (tertiary/aromatic N) is 3. The Bertz CT molecular complexity index is 496. The lowest BCUT2D eigenvalue weighted by atomic mass is 10.4. The molecular weight excluding hydrogens is 242 g/mol. The van der Waals surface area contributed by atoms with E-state index in [1.54, 1.807) is 18.5 Å². The summed E-state index contributed by atoms with van der Waals surface area (Å²) in [6.45, 7) is 0. The van der Waals surface area contributed by atoms with Crippen molar-refractivity contribution < 1.29 is 0 Å². The number of nitriles is 1. The van der Waals surface area contributed by atoms with Crippen LogP contribution in [0.25, 0.3) is 5.69 Å². The number of aromatic nitrogens is 2. The van der Waals surface area contributed by atoms with Crippen molar-refractivity contribution in [3.8, 4) is 11.8 Å². The summed E-state index contributed by atoms with van der Waals surface area (Å²) in [6.07, 6.45) is 5.25. The lowest BCUT2D eigenvalue weighted by molar-refractivity contribution is 1.03. The van der Waals surface area contributed by atoms with Gasteiger partial charge in [0.1, 0.15) is 11.8 Å². The summed E-state index contributed by atoms with van der Waals surface area (Å²) in [5.41, 5.74) is 1.53. The summed E-state index contributed by atoms with van der Waals surface area (Å²) in [5, 5.41) is 8.86. The molecular formula is C10H6BrN3. The fraction of sp³-hybridized carbons (Fsp3) is 0. The van der Waals surface area contributed by atoms with Gasteiger partial charge in [0.05, 0.1) is 10.2 Å². The van der Waals surface area contributed by atoms with E-state index in [0.29, 0.717) is 5.69 Å². The first-order chi connectivity index (χ1) is 6.83. The van der Waals surface area contributed by atoms with Gasteiger partial charge in [0, 0.05) is 18.6 Å². The van der Waals surface area contributed by atoms with Crippen molar-refractivity contribution in [1.29, 1.82) is 5.26 Å². The van der Waals surface area contributed by atoms with E-state index in [2.05, 4.69) is 27.0 Å². The Labute approximate surface area is 89.8 Å². The van der Waals surface area contributed by atoms with Gasteiger partial charge in [-0.1, -0.05) is 0 Å². The van der Waals surface area contributed by atoms with Crippen LogP contribution in [0.15, 0.2) is 41.3 Å². The third kappa shape index (κ3) is 1.42. The molecule has 2 aromatic heterocycles. The van der Waals surface area contributed by atoms with Crippen LogP contribution in [0.4, 0.5) is 0 Å². The molecule has 2 heterocycles. The molecule has 0 amide bonds. The lowest BCUT2D eigenvalue weighted by Crippen LogP contribution is -1.96. The van der Waals surface area contributed by atoms with Gasteiger partial charge in [-0.2, -0.15) is 5.26 Å². The van der Waals surface area contributed by atoms with Gasteiger partial charge in [0.2, 0.25) is 0 Å². The monoisotopic (exact) mass is 247 g/mol. The summed E-state index contributed by atoms with van der Waals surface area (Å²) in [6, 6.07) is 7.58. The van der Waals surface area contributed by atoms with Gasteiger partial charge in [-0.05, 0) is 34.1 Å². The highest BCUT2D eigenvalue weighted by molar-refractivity contribution is 9.10. The van der Waals surface area contributed by atoms with Crippen LogP contribution < -0.4 is 0 Å². The molecule has 0 saturated heterocycles. The molecule has 0 fully saturated rings. The number of rotatable bonds is 1. The van der Waals surface area contributed by atoms with Crippen LogP contribution in [0.3, 0.4) is 0 Å². The minimum absolute atomic E-state index is 0.608. The van der Waals surface area contributed by atoms with Crippen LogP contribution >= 0.6 is 15.9 Å². The average Bonchev–Trinajstić information content (AvgIpc) is 2.66. The quantitative estimate of drug-likeness (QED) is 0.777. The van der Waals surface area contributed by atoms with E-state index in [-0.39, 0.29) is 0 Å². The van der Waals surface area contributed by atoms with Crippen molar-refractivity contribution in [1.82, 2.24) is 9.55 Å². The fourth-order valence-electron chi connectivity index (χ4n) is 1.25. The van der Waals surface area contributed by atoms with Gasteiger partial charge in [0.15, 0.2) is 0 Å². The average molecular weight is 248 g/mol. The van der Waals surface area contributed by atoms with E-state index < -0.39 is 0 Å². The molecule has 68 valence electrons. The highest BCUT2D eigenvalue weighted by Crippen LogP contribution is 2.20. The molecule has 0 bridgehead atoms. The lowest BCUT2D eigenvalue weighted by Gasteiger charge is -2.05. The maximum absolute atomic E-state index is 8.86. The molecule has 3 nitrogen and oxygen atoms in total. The summed E-state index contributed by atoms with van der Waals surface area (Å²) < 4.78 is 2.68. The van der Waals surface area contributed by atoms with Gasteiger partial charge in [0.25, 0.3) is 0 Å². The highest BCUT2D eigenvalue weighted by atomic mass is 79.9. The molecule has 0 aliphatic rings. The van der Waals surface area contributed by atoms with Gasteiger partial charge < -0.3 is 4.57 Å². The van der Waals surface area contributed by atoms with Crippen LogP contribution in [-0.2, 0) is 0 Å². The maximum Gasteiger partial charge on any atom is 0.124 e. The van der Waals surface area contributed by atoms with Gasteiger partial charge in [-0.15, -0.1) is 0 Å². The Morgan fingerprint density at radius 2 is 2.29 bits per heavy atom. The summed E-state index contributed by atoms with van der Waals surface area (Å²) in [7, 11) is 0. The first-order valence-corrected chi connectivity index (χ1v) is 4.79. The van der Waals surface area contributed by atoms with E-state index in [0.717, 1.165) is 10.2 Å². The normalized spacial score (nSPS) is 9.71. The molecule has 0 saturated carbocycles. The first-order valence-electron chi connectivity index (χ1n) is 4.00. The second-order valence-corrected chi connectivity index (χ2v) is 3.56. The Hall–Kier alpha value is -1.60. The number of pyridine rings is 1. The summed E-state index contributed by atoms with van der Waals surface area (Å²) in [4.78, 5) is 3.97. The largest absolute Gasteiger partial charge is 0.307 e. The van der Waals surface area contributed by atoms with Crippen molar-refractivity contribution in [2.45, 2.75) is 0 Å². The van der Waals surface area contributed by atoms with E-state index in [4.69, 9.17) is 5.26 Å². The Morgan fingerprint density at radius 3 is 3.00 bits per heavy atom. The van der Waals surface area contributed by atoms with Crippen molar-refractivity contribution >= 4 is 15.9 Å². The third-order valence-electron chi connectivity index (χ3n) is 1.87. The minimum atomic E-state index is 0.608. The summed E-state index contributed by atoms with van der Waals surface area (Å²) in [5.74, 6) is 0. The van der Waals surface area contributed by atoms with Crippen LogP contribution in [0.2, 0.25) is 0 Å². The number of halogens is 1. The highest BCUT2D eigenvalue weighted by Gasteiger charge is 2.04. The molecule has 0 spiro atoms. The predicted octanol–water partition coefficient (Wildman–Crippen LogP) is 2.51. The molecule has 2 rings (SSSR count). The predicted molar refractivity (Wildman–Crippen MR) is 56.0 cm³/mol. The van der Waals surface area contributed by atoms with Gasteiger partial charge in [-0.3, -0.25) is 4.98 Å². The third-order valence-corrected chi connectivity index (χ3v) is 2.48. The molecule has 0 radical (unpaired) electrons. The zero-order valence-corrected chi connectivity index (χ0v) is 8.77. The van der Waals surface area contributed by atoms with Crippen LogP contribution in [0.1, 0.15) is 5.69 Å². The number of hydrogen-bond donors (Lipinski definition) is 0. The Kier molecular flexibility index (Phi) is 2.33. The van der Waals surface area contributed by atoms with Crippen molar-refractivity contribution in [3.05, 3.63) is 47.0 Å². The van der Waals surface area contributed by atoms with E-state index in [1.165, 1.54) is 0 Å². The van der Waals surface area contributed by atoms with Crippen molar-refractivity contribution in [3.63, 3.8) is 0 Å². The van der Waals surface area contributed by atoms with Crippen LogP contribution in [0, 0.1) is 11.3 Å². The summed E-state index contributed by atoms with van der Waals surface area (Å²) >= 11 is 3.39. The van der Waals surface area contributed by atoms with E-state index in [1.807, 2.05) is 22.9 Å². The first kappa shape index (κ1) is 8.97.